The molecule has 1 heterocycles. The smallest absolute Gasteiger partial charge is 0.0462 e. The zero-order chi connectivity index (χ0) is 13.1. The van der Waals surface area contributed by atoms with Crippen molar-refractivity contribution in [3.63, 3.8) is 0 Å². The zero-order valence-corrected chi connectivity index (χ0v) is 13.8. The third kappa shape index (κ3) is 3.56. The average Bonchev–Trinajstić information content (AvgIpc) is 2.35. The van der Waals surface area contributed by atoms with Gasteiger partial charge in [0, 0.05) is 32.6 Å². The molecule has 0 spiro atoms. The van der Waals surface area contributed by atoms with Gasteiger partial charge in [-0.05, 0) is 42.3 Å². The van der Waals surface area contributed by atoms with Crippen LogP contribution in [0.15, 0.2) is 41.0 Å². The number of hydrogen-bond donors (Lipinski definition) is 0. The van der Waals surface area contributed by atoms with Gasteiger partial charge in [-0.2, -0.15) is 0 Å². The van der Waals surface area contributed by atoms with Gasteiger partial charge in [0.25, 0.3) is 0 Å². The van der Waals surface area contributed by atoms with Crippen LogP contribution in [0.4, 0.5) is 0 Å². The quantitative estimate of drug-likeness (QED) is 0.633. The van der Waals surface area contributed by atoms with Gasteiger partial charge in [-0.3, -0.25) is 4.98 Å². The van der Waals surface area contributed by atoms with Crippen LogP contribution in [0, 0.1) is 6.92 Å². The molecular formula is C14H12Br2ClN. The average molecular weight is 390 g/mol. The summed E-state index contributed by atoms with van der Waals surface area (Å²) < 4.78 is 1.06. The second-order valence-corrected chi connectivity index (χ2v) is 6.56. The highest BCUT2D eigenvalue weighted by Crippen LogP contribution is 2.33. The molecule has 0 saturated carbocycles. The number of hydrogen-bond acceptors (Lipinski definition) is 1. The highest BCUT2D eigenvalue weighted by Gasteiger charge is 2.13. The number of nitrogens with zero attached hydrogens (tertiary/aromatic N) is 1. The summed E-state index contributed by atoms with van der Waals surface area (Å²) in [6.07, 6.45) is 2.72. The summed E-state index contributed by atoms with van der Waals surface area (Å²) >= 11 is 13.3. The number of benzene rings is 1. The van der Waals surface area contributed by atoms with Crippen molar-refractivity contribution in [3.8, 4) is 0 Å². The topological polar surface area (TPSA) is 12.9 Å². The number of pyridine rings is 1. The lowest BCUT2D eigenvalue weighted by Crippen LogP contribution is -1.99. The molecule has 2 aromatic rings. The summed E-state index contributed by atoms with van der Waals surface area (Å²) in [5.41, 5.74) is 3.38. The molecule has 0 bridgehead atoms. The lowest BCUT2D eigenvalue weighted by molar-refractivity contribution is 0.898. The molecule has 0 fully saturated rings. The van der Waals surface area contributed by atoms with Gasteiger partial charge in [-0.1, -0.05) is 49.5 Å². The highest BCUT2D eigenvalue weighted by molar-refractivity contribution is 9.11. The third-order valence-electron chi connectivity index (χ3n) is 2.66. The van der Waals surface area contributed by atoms with Crippen molar-refractivity contribution in [2.24, 2.45) is 0 Å². The lowest BCUT2D eigenvalue weighted by Gasteiger charge is -2.12. The van der Waals surface area contributed by atoms with Gasteiger partial charge in [-0.25, -0.2) is 0 Å². The van der Waals surface area contributed by atoms with E-state index in [0.29, 0.717) is 0 Å². The first kappa shape index (κ1) is 14.0. The van der Waals surface area contributed by atoms with E-state index >= 15 is 0 Å². The highest BCUT2D eigenvalue weighted by atomic mass is 79.9. The second-order valence-electron chi connectivity index (χ2n) is 4.16. The van der Waals surface area contributed by atoms with E-state index in [-0.39, 0.29) is 4.83 Å². The predicted molar refractivity (Wildman–Crippen MR) is 83.5 cm³/mol. The molecule has 0 aliphatic rings. The molecule has 0 aliphatic heterocycles. The fourth-order valence-electron chi connectivity index (χ4n) is 1.67. The first-order valence-corrected chi connectivity index (χ1v) is 7.65. The van der Waals surface area contributed by atoms with Crippen LogP contribution in [-0.2, 0) is 6.42 Å². The van der Waals surface area contributed by atoms with E-state index in [1.807, 2.05) is 31.3 Å². The molecule has 0 aliphatic carbocycles. The Labute approximate surface area is 129 Å². The van der Waals surface area contributed by atoms with E-state index in [1.54, 1.807) is 0 Å². The fourth-order valence-corrected chi connectivity index (χ4v) is 3.39. The Morgan fingerprint density at radius 1 is 1.28 bits per heavy atom. The summed E-state index contributed by atoms with van der Waals surface area (Å²) in [6, 6.07) is 9.95. The summed E-state index contributed by atoms with van der Waals surface area (Å²) in [7, 11) is 0. The Kier molecular flexibility index (Phi) is 4.82. The predicted octanol–water partition coefficient (Wildman–Crippen LogP) is 5.48. The molecule has 0 amide bonds. The van der Waals surface area contributed by atoms with Crippen molar-refractivity contribution in [1.82, 2.24) is 4.98 Å². The largest absolute Gasteiger partial charge is 0.261 e. The first-order chi connectivity index (χ1) is 8.56. The van der Waals surface area contributed by atoms with Gasteiger partial charge in [0.2, 0.25) is 0 Å². The maximum absolute atomic E-state index is 6.03. The minimum absolute atomic E-state index is 0.195. The number of alkyl halides is 1. The van der Waals surface area contributed by atoms with Gasteiger partial charge in [0.05, 0.1) is 0 Å². The van der Waals surface area contributed by atoms with Crippen molar-refractivity contribution in [1.29, 1.82) is 0 Å². The molecular weight excluding hydrogens is 377 g/mol. The maximum atomic E-state index is 6.03. The second kappa shape index (κ2) is 6.18. The molecule has 94 valence electrons. The Balaban J connectivity index is 2.18. The molecule has 1 nitrogen and oxygen atoms in total. The van der Waals surface area contributed by atoms with Gasteiger partial charge in [0.1, 0.15) is 0 Å². The normalized spacial score (nSPS) is 12.4. The van der Waals surface area contributed by atoms with Crippen molar-refractivity contribution in [3.05, 3.63) is 62.8 Å². The number of aryl methyl sites for hydroxylation is 1. The van der Waals surface area contributed by atoms with Gasteiger partial charge in [0.15, 0.2) is 0 Å². The molecule has 1 unspecified atom stereocenters. The van der Waals surface area contributed by atoms with Crippen LogP contribution in [0.2, 0.25) is 5.02 Å². The minimum atomic E-state index is 0.195. The van der Waals surface area contributed by atoms with E-state index in [2.05, 4.69) is 49.0 Å². The third-order valence-corrected chi connectivity index (χ3v) is 4.43. The van der Waals surface area contributed by atoms with Crippen LogP contribution in [0.3, 0.4) is 0 Å². The molecule has 1 atom stereocenters. The Hall–Kier alpha value is -0.380. The summed E-state index contributed by atoms with van der Waals surface area (Å²) in [4.78, 5) is 4.61. The van der Waals surface area contributed by atoms with Crippen molar-refractivity contribution in [2.75, 3.05) is 0 Å². The van der Waals surface area contributed by atoms with E-state index < -0.39 is 0 Å². The van der Waals surface area contributed by atoms with E-state index in [9.17, 15) is 0 Å². The van der Waals surface area contributed by atoms with Gasteiger partial charge < -0.3 is 0 Å². The summed E-state index contributed by atoms with van der Waals surface area (Å²) in [6.45, 7) is 2.04. The number of rotatable bonds is 3. The van der Waals surface area contributed by atoms with Crippen molar-refractivity contribution in [2.45, 2.75) is 18.2 Å². The SMILES string of the molecule is Cc1ccc(CC(Br)c2cc(Cl)ccc2Br)nc1. The van der Waals surface area contributed by atoms with Crippen LogP contribution in [0.25, 0.3) is 0 Å². The van der Waals surface area contributed by atoms with Crippen LogP contribution < -0.4 is 0 Å². The molecule has 0 radical (unpaired) electrons. The fraction of sp³-hybridized carbons (Fsp3) is 0.214. The van der Waals surface area contributed by atoms with E-state index in [4.69, 9.17) is 11.6 Å². The molecule has 0 N–H and O–H groups in total. The monoisotopic (exact) mass is 387 g/mol. The summed E-state index contributed by atoms with van der Waals surface area (Å²) in [5, 5.41) is 0.745. The molecule has 1 aromatic heterocycles. The van der Waals surface area contributed by atoms with Crippen LogP contribution >= 0.6 is 43.5 Å². The van der Waals surface area contributed by atoms with E-state index in [0.717, 1.165) is 27.2 Å². The van der Waals surface area contributed by atoms with Gasteiger partial charge in [-0.15, -0.1) is 0 Å². The van der Waals surface area contributed by atoms with Crippen molar-refractivity contribution >= 4 is 43.5 Å². The molecule has 4 heteroatoms. The summed E-state index contributed by atoms with van der Waals surface area (Å²) in [5.74, 6) is 0. The Bertz CT molecular complexity index is 540. The number of halogens is 3. The molecule has 2 rings (SSSR count). The maximum Gasteiger partial charge on any atom is 0.0462 e. The van der Waals surface area contributed by atoms with Crippen LogP contribution in [0.5, 0.6) is 0 Å². The first-order valence-electron chi connectivity index (χ1n) is 5.57. The Morgan fingerprint density at radius 2 is 2.06 bits per heavy atom. The minimum Gasteiger partial charge on any atom is -0.261 e. The Morgan fingerprint density at radius 3 is 2.72 bits per heavy atom. The van der Waals surface area contributed by atoms with E-state index in [1.165, 1.54) is 5.56 Å². The molecule has 18 heavy (non-hydrogen) atoms. The van der Waals surface area contributed by atoms with Crippen LogP contribution in [-0.4, -0.2) is 4.98 Å². The standard InChI is InChI=1S/C14H12Br2ClN/c1-9-2-4-11(18-8-9)7-14(16)12-6-10(17)3-5-13(12)15/h2-6,8,14H,7H2,1H3. The van der Waals surface area contributed by atoms with Crippen molar-refractivity contribution < 1.29 is 0 Å². The molecule has 0 saturated heterocycles. The number of aromatic nitrogens is 1. The van der Waals surface area contributed by atoms with Crippen LogP contribution in [0.1, 0.15) is 21.6 Å². The zero-order valence-electron chi connectivity index (χ0n) is 9.83. The lowest BCUT2D eigenvalue weighted by atomic mass is 10.1. The van der Waals surface area contributed by atoms with Gasteiger partial charge >= 0.3 is 0 Å². The molecule has 1 aromatic carbocycles.